The summed E-state index contributed by atoms with van der Waals surface area (Å²) in [5, 5.41) is 2.83. The molecule has 0 unspecified atom stereocenters. The van der Waals surface area contributed by atoms with Crippen LogP contribution in [0.1, 0.15) is 38.5 Å². The first-order valence-electron chi connectivity index (χ1n) is 7.11. The molecular formula is C15H21BrN2O2. The van der Waals surface area contributed by atoms with Gasteiger partial charge in [-0.15, -0.1) is 0 Å². The van der Waals surface area contributed by atoms with Crippen molar-refractivity contribution in [1.29, 1.82) is 0 Å². The fraction of sp³-hybridized carbons (Fsp3) is 0.533. The van der Waals surface area contributed by atoms with Gasteiger partial charge in [-0.3, -0.25) is 4.79 Å². The van der Waals surface area contributed by atoms with Gasteiger partial charge in [0.25, 0.3) is 0 Å². The maximum absolute atomic E-state index is 11.9. The van der Waals surface area contributed by atoms with Crippen LogP contribution in [-0.2, 0) is 9.53 Å². The monoisotopic (exact) mass is 340 g/mol. The average molecular weight is 341 g/mol. The zero-order valence-electron chi connectivity index (χ0n) is 11.5. The number of hydrogen-bond donors (Lipinski definition) is 2. The molecule has 4 nitrogen and oxygen atoms in total. The van der Waals surface area contributed by atoms with Crippen LogP contribution in [0.25, 0.3) is 0 Å². The minimum atomic E-state index is -0.125. The summed E-state index contributed by atoms with van der Waals surface area (Å²) in [5.74, 6) is -0.125. The van der Waals surface area contributed by atoms with Crippen LogP contribution in [0.15, 0.2) is 22.7 Å². The van der Waals surface area contributed by atoms with Crippen LogP contribution in [0.3, 0.4) is 0 Å². The van der Waals surface area contributed by atoms with E-state index in [9.17, 15) is 4.79 Å². The first-order valence-corrected chi connectivity index (χ1v) is 7.91. The lowest BCUT2D eigenvalue weighted by molar-refractivity contribution is -0.122. The Balaban J connectivity index is 1.79. The Morgan fingerprint density at radius 3 is 2.65 bits per heavy atom. The minimum absolute atomic E-state index is 0.113. The number of carbonyl (C=O) groups is 1. The summed E-state index contributed by atoms with van der Waals surface area (Å²) in [7, 11) is 0. The molecule has 0 saturated heterocycles. The topological polar surface area (TPSA) is 64.3 Å². The van der Waals surface area contributed by atoms with Crippen molar-refractivity contribution >= 4 is 33.2 Å². The number of halogens is 1. The van der Waals surface area contributed by atoms with Crippen molar-refractivity contribution in [2.75, 3.05) is 17.7 Å². The molecule has 1 aromatic rings. The molecule has 0 heterocycles. The van der Waals surface area contributed by atoms with E-state index in [1.807, 2.05) is 0 Å². The van der Waals surface area contributed by atoms with E-state index in [-0.39, 0.29) is 18.6 Å². The van der Waals surface area contributed by atoms with E-state index in [1.54, 1.807) is 18.2 Å². The maximum Gasteiger partial charge on any atom is 0.250 e. The van der Waals surface area contributed by atoms with Gasteiger partial charge >= 0.3 is 0 Å². The lowest BCUT2D eigenvalue weighted by atomic mass is 10.1. The number of rotatable bonds is 4. The molecule has 5 heteroatoms. The third-order valence-electron chi connectivity index (χ3n) is 3.52. The van der Waals surface area contributed by atoms with E-state index in [1.165, 1.54) is 25.7 Å². The molecule has 0 radical (unpaired) electrons. The van der Waals surface area contributed by atoms with E-state index in [2.05, 4.69) is 21.2 Å². The molecule has 0 aliphatic heterocycles. The Labute approximate surface area is 128 Å². The number of hydrogen-bond acceptors (Lipinski definition) is 3. The van der Waals surface area contributed by atoms with Crippen LogP contribution in [0, 0.1) is 0 Å². The van der Waals surface area contributed by atoms with Crippen LogP contribution in [0.4, 0.5) is 11.4 Å². The van der Waals surface area contributed by atoms with Crippen LogP contribution in [-0.4, -0.2) is 18.6 Å². The molecule has 0 bridgehead atoms. The first-order chi connectivity index (χ1) is 9.65. The second-order valence-electron chi connectivity index (χ2n) is 5.21. The zero-order chi connectivity index (χ0) is 14.4. The van der Waals surface area contributed by atoms with Crippen molar-refractivity contribution < 1.29 is 9.53 Å². The quantitative estimate of drug-likeness (QED) is 0.648. The molecule has 2 rings (SSSR count). The molecule has 0 spiro atoms. The van der Waals surface area contributed by atoms with Gasteiger partial charge < -0.3 is 15.8 Å². The SMILES string of the molecule is Nc1ccc(NC(=O)COC2CCCCCC2)c(Br)c1. The Hall–Kier alpha value is -1.07. The summed E-state index contributed by atoms with van der Waals surface area (Å²) in [6.07, 6.45) is 7.34. The van der Waals surface area contributed by atoms with Crippen molar-refractivity contribution in [3.8, 4) is 0 Å². The molecule has 1 aliphatic rings. The third kappa shape index (κ3) is 4.80. The smallest absolute Gasteiger partial charge is 0.250 e. The fourth-order valence-corrected chi connectivity index (χ4v) is 2.92. The second-order valence-corrected chi connectivity index (χ2v) is 6.07. The Kier molecular flexibility index (Phi) is 5.86. The summed E-state index contributed by atoms with van der Waals surface area (Å²) >= 11 is 3.38. The average Bonchev–Trinajstić information content (AvgIpc) is 2.68. The van der Waals surface area contributed by atoms with Gasteiger partial charge in [-0.1, -0.05) is 25.7 Å². The summed E-state index contributed by atoms with van der Waals surface area (Å²) < 4.78 is 6.49. The van der Waals surface area contributed by atoms with E-state index in [0.29, 0.717) is 11.4 Å². The molecule has 110 valence electrons. The minimum Gasteiger partial charge on any atom is -0.399 e. The van der Waals surface area contributed by atoms with Gasteiger partial charge in [0.1, 0.15) is 6.61 Å². The largest absolute Gasteiger partial charge is 0.399 e. The second kappa shape index (κ2) is 7.64. The highest BCUT2D eigenvalue weighted by atomic mass is 79.9. The molecule has 3 N–H and O–H groups in total. The standard InChI is InChI=1S/C15H21BrN2O2/c16-13-9-11(17)7-8-14(13)18-15(19)10-20-12-5-3-1-2-4-6-12/h7-9,12H,1-6,10,17H2,(H,18,19). The number of nitrogens with two attached hydrogens (primary N) is 1. The van der Waals surface area contributed by atoms with Gasteiger partial charge in [0.15, 0.2) is 0 Å². The van der Waals surface area contributed by atoms with Gasteiger partial charge in [0.2, 0.25) is 5.91 Å². The molecule has 1 aliphatic carbocycles. The number of ether oxygens (including phenoxy) is 1. The molecular weight excluding hydrogens is 320 g/mol. The Bertz CT molecular complexity index is 457. The predicted molar refractivity (Wildman–Crippen MR) is 84.6 cm³/mol. The molecule has 0 aromatic heterocycles. The van der Waals surface area contributed by atoms with Crippen LogP contribution >= 0.6 is 15.9 Å². The lowest BCUT2D eigenvalue weighted by Crippen LogP contribution is -2.23. The van der Waals surface area contributed by atoms with Crippen LogP contribution < -0.4 is 11.1 Å². The number of benzene rings is 1. The number of anilines is 2. The molecule has 0 atom stereocenters. The van der Waals surface area contributed by atoms with E-state index < -0.39 is 0 Å². The third-order valence-corrected chi connectivity index (χ3v) is 4.18. The predicted octanol–water partition coefficient (Wildman–Crippen LogP) is 3.71. The number of amides is 1. The fourth-order valence-electron chi connectivity index (χ4n) is 2.42. The summed E-state index contributed by atoms with van der Waals surface area (Å²) in [6, 6.07) is 5.30. The van der Waals surface area contributed by atoms with Crippen molar-refractivity contribution in [2.24, 2.45) is 0 Å². The summed E-state index contributed by atoms with van der Waals surface area (Å²) in [5.41, 5.74) is 7.04. The van der Waals surface area contributed by atoms with Gasteiger partial charge in [-0.2, -0.15) is 0 Å². The van der Waals surface area contributed by atoms with Gasteiger partial charge in [-0.25, -0.2) is 0 Å². The highest BCUT2D eigenvalue weighted by Crippen LogP contribution is 2.24. The summed E-state index contributed by atoms with van der Waals surface area (Å²) in [6.45, 7) is 0.113. The van der Waals surface area contributed by atoms with Gasteiger partial charge in [0, 0.05) is 10.2 Å². The number of carbonyl (C=O) groups excluding carboxylic acids is 1. The molecule has 1 saturated carbocycles. The lowest BCUT2D eigenvalue weighted by Gasteiger charge is -2.15. The molecule has 1 fully saturated rings. The van der Waals surface area contributed by atoms with Crippen LogP contribution in [0.2, 0.25) is 0 Å². The van der Waals surface area contributed by atoms with Crippen molar-refractivity contribution in [1.82, 2.24) is 0 Å². The van der Waals surface area contributed by atoms with Crippen LogP contribution in [0.5, 0.6) is 0 Å². The molecule has 20 heavy (non-hydrogen) atoms. The van der Waals surface area contributed by atoms with Gasteiger partial charge in [-0.05, 0) is 47.0 Å². The highest BCUT2D eigenvalue weighted by molar-refractivity contribution is 9.10. The van der Waals surface area contributed by atoms with Crippen molar-refractivity contribution in [3.05, 3.63) is 22.7 Å². The Morgan fingerprint density at radius 1 is 1.30 bits per heavy atom. The first kappa shape index (κ1) is 15.3. The normalized spacial score (nSPS) is 16.6. The molecule has 1 amide bonds. The van der Waals surface area contributed by atoms with E-state index in [4.69, 9.17) is 10.5 Å². The number of nitrogen functional groups attached to an aromatic ring is 1. The summed E-state index contributed by atoms with van der Waals surface area (Å²) in [4.78, 5) is 11.9. The molecule has 1 aromatic carbocycles. The Morgan fingerprint density at radius 2 is 2.00 bits per heavy atom. The maximum atomic E-state index is 11.9. The highest BCUT2D eigenvalue weighted by Gasteiger charge is 2.14. The van der Waals surface area contributed by atoms with Gasteiger partial charge in [0.05, 0.1) is 11.8 Å². The van der Waals surface area contributed by atoms with Crippen molar-refractivity contribution in [2.45, 2.75) is 44.6 Å². The zero-order valence-corrected chi connectivity index (χ0v) is 13.1. The van der Waals surface area contributed by atoms with E-state index in [0.717, 1.165) is 17.3 Å². The van der Waals surface area contributed by atoms with E-state index >= 15 is 0 Å². The van der Waals surface area contributed by atoms with Crippen molar-refractivity contribution in [3.63, 3.8) is 0 Å². The number of nitrogens with one attached hydrogen (secondary N) is 1.